The number of fused-ring (bicyclic) bond motifs is 3. The van der Waals surface area contributed by atoms with Gasteiger partial charge in [0.15, 0.2) is 0 Å². The summed E-state index contributed by atoms with van der Waals surface area (Å²) in [4.78, 5) is 11.4. The molecule has 0 spiro atoms. The van der Waals surface area contributed by atoms with Crippen LogP contribution in [0.3, 0.4) is 0 Å². The Morgan fingerprint density at radius 1 is 1.00 bits per heavy atom. The maximum Gasteiger partial charge on any atom is 0.248 e. The lowest BCUT2D eigenvalue weighted by atomic mass is 10.00. The molecule has 2 N–H and O–H groups in total. The summed E-state index contributed by atoms with van der Waals surface area (Å²) in [6.45, 7) is 0. The largest absolute Gasteiger partial charge is 0.366 e. The van der Waals surface area contributed by atoms with Crippen LogP contribution in [0.4, 0.5) is 0 Å². The minimum absolute atomic E-state index is 0.0389. The molecule has 0 heterocycles. The van der Waals surface area contributed by atoms with Gasteiger partial charge in [-0.05, 0) is 33.7 Å². The molecule has 3 aromatic rings. The Hall–Kier alpha value is -2.35. The van der Waals surface area contributed by atoms with Crippen molar-refractivity contribution in [2.24, 2.45) is 5.73 Å². The minimum atomic E-state index is -0.673. The van der Waals surface area contributed by atoms with E-state index in [1.165, 1.54) is 0 Å². The molecule has 17 heavy (non-hydrogen) atoms. The van der Waals surface area contributed by atoms with E-state index in [-0.39, 0.29) is 17.6 Å². The number of carbonyl (C=O) groups is 1. The van der Waals surface area contributed by atoms with Crippen LogP contribution in [0.15, 0.2) is 54.5 Å². The van der Waals surface area contributed by atoms with Crippen LogP contribution >= 0.6 is 0 Å². The highest BCUT2D eigenvalue weighted by atomic mass is 16.1. The van der Waals surface area contributed by atoms with E-state index in [4.69, 9.17) is 8.48 Å². The third-order valence-corrected chi connectivity index (χ3v) is 2.86. The van der Waals surface area contributed by atoms with Crippen LogP contribution in [-0.4, -0.2) is 5.91 Å². The molecule has 1 amide bonds. The SMILES string of the molecule is [2H]c1c(C(N)=O)cc2c(ccc3ccccc32)c1[2H]. The fourth-order valence-electron chi connectivity index (χ4n) is 2.01. The van der Waals surface area contributed by atoms with Crippen molar-refractivity contribution in [1.29, 1.82) is 0 Å². The van der Waals surface area contributed by atoms with Gasteiger partial charge in [0.25, 0.3) is 0 Å². The van der Waals surface area contributed by atoms with Crippen molar-refractivity contribution in [3.63, 3.8) is 0 Å². The van der Waals surface area contributed by atoms with Crippen molar-refractivity contribution in [3.8, 4) is 0 Å². The Kier molecular flexibility index (Phi) is 1.66. The predicted molar refractivity (Wildman–Crippen MR) is 70.0 cm³/mol. The van der Waals surface area contributed by atoms with E-state index in [2.05, 4.69) is 0 Å². The summed E-state index contributed by atoms with van der Waals surface area (Å²) in [6, 6.07) is 13.0. The molecule has 0 saturated carbocycles. The molecule has 0 aliphatic rings. The van der Waals surface area contributed by atoms with Gasteiger partial charge < -0.3 is 5.73 Å². The average Bonchev–Trinajstić information content (AvgIpc) is 2.42. The van der Waals surface area contributed by atoms with Gasteiger partial charge in [-0.1, -0.05) is 42.4 Å². The summed E-state index contributed by atoms with van der Waals surface area (Å²) in [6.07, 6.45) is 0. The van der Waals surface area contributed by atoms with E-state index in [0.717, 1.165) is 16.2 Å². The first-order chi connectivity index (χ1) is 9.09. The molecule has 3 aromatic carbocycles. The lowest BCUT2D eigenvalue weighted by Gasteiger charge is -2.05. The van der Waals surface area contributed by atoms with E-state index in [1.54, 1.807) is 6.07 Å². The first-order valence-corrected chi connectivity index (χ1v) is 5.31. The van der Waals surface area contributed by atoms with E-state index < -0.39 is 5.91 Å². The lowest BCUT2D eigenvalue weighted by molar-refractivity contribution is 0.100. The summed E-state index contributed by atoms with van der Waals surface area (Å²) in [5.74, 6) is -0.673. The fourth-order valence-corrected chi connectivity index (χ4v) is 2.01. The monoisotopic (exact) mass is 223 g/mol. The maximum absolute atomic E-state index is 11.4. The zero-order valence-corrected chi connectivity index (χ0v) is 9.03. The Morgan fingerprint density at radius 3 is 2.59 bits per heavy atom. The molecule has 0 atom stereocenters. The molecule has 0 saturated heterocycles. The number of carbonyl (C=O) groups excluding carboxylic acids is 1. The van der Waals surface area contributed by atoms with Crippen molar-refractivity contribution in [2.45, 2.75) is 0 Å². The molecule has 2 heteroatoms. The number of amides is 1. The topological polar surface area (TPSA) is 43.1 Å². The molecule has 0 aliphatic carbocycles. The molecule has 0 fully saturated rings. The summed E-state index contributed by atoms with van der Waals surface area (Å²) in [7, 11) is 0. The van der Waals surface area contributed by atoms with Gasteiger partial charge in [-0.3, -0.25) is 4.79 Å². The molecule has 0 unspecified atom stereocenters. The van der Waals surface area contributed by atoms with Crippen molar-refractivity contribution >= 4 is 27.5 Å². The Balaban J connectivity index is 2.55. The van der Waals surface area contributed by atoms with Gasteiger partial charge >= 0.3 is 0 Å². The molecule has 0 aromatic heterocycles. The molecule has 0 radical (unpaired) electrons. The summed E-state index contributed by atoms with van der Waals surface area (Å²) in [5.41, 5.74) is 5.37. The molecular formula is C15H11NO. The highest BCUT2D eigenvalue weighted by molar-refractivity contribution is 6.09. The quantitative estimate of drug-likeness (QED) is 0.633. The maximum atomic E-state index is 11.4. The summed E-state index contributed by atoms with van der Waals surface area (Å²) >= 11 is 0. The van der Waals surface area contributed by atoms with Crippen LogP contribution in [-0.2, 0) is 0 Å². The van der Waals surface area contributed by atoms with E-state index in [0.29, 0.717) is 5.39 Å². The molecular weight excluding hydrogens is 210 g/mol. The van der Waals surface area contributed by atoms with E-state index in [1.807, 2.05) is 36.4 Å². The second-order valence-corrected chi connectivity index (χ2v) is 3.92. The standard InChI is InChI=1S/C15H11NO/c16-15(17)12-8-7-11-6-5-10-3-1-2-4-13(10)14(11)9-12/h1-9H,(H2,16,17)/i7D,8D. The van der Waals surface area contributed by atoms with Crippen LogP contribution in [0.2, 0.25) is 0 Å². The number of benzene rings is 3. The molecule has 82 valence electrons. The number of hydrogen-bond donors (Lipinski definition) is 1. The highest BCUT2D eigenvalue weighted by Crippen LogP contribution is 2.25. The van der Waals surface area contributed by atoms with Crippen LogP contribution in [0.5, 0.6) is 0 Å². The third-order valence-electron chi connectivity index (χ3n) is 2.86. The van der Waals surface area contributed by atoms with Crippen LogP contribution in [0, 0.1) is 0 Å². The molecule has 3 rings (SSSR count). The minimum Gasteiger partial charge on any atom is -0.366 e. The van der Waals surface area contributed by atoms with Crippen LogP contribution in [0.1, 0.15) is 13.1 Å². The number of primary amides is 1. The summed E-state index contributed by atoms with van der Waals surface area (Å²) < 4.78 is 15.8. The number of nitrogens with two attached hydrogens (primary N) is 1. The highest BCUT2D eigenvalue weighted by Gasteiger charge is 2.04. The second kappa shape index (κ2) is 3.59. The Morgan fingerprint density at radius 2 is 1.76 bits per heavy atom. The van der Waals surface area contributed by atoms with Gasteiger partial charge in [0.2, 0.25) is 5.91 Å². The fraction of sp³-hybridized carbons (Fsp3) is 0. The Bertz CT molecular complexity index is 827. The normalized spacial score (nSPS) is 12.5. The predicted octanol–water partition coefficient (Wildman–Crippen LogP) is 3.09. The van der Waals surface area contributed by atoms with E-state index in [9.17, 15) is 4.79 Å². The van der Waals surface area contributed by atoms with Gasteiger partial charge in [-0.15, -0.1) is 0 Å². The van der Waals surface area contributed by atoms with Gasteiger partial charge in [0, 0.05) is 5.56 Å². The smallest absolute Gasteiger partial charge is 0.248 e. The average molecular weight is 223 g/mol. The van der Waals surface area contributed by atoms with Crippen molar-refractivity contribution < 1.29 is 7.54 Å². The number of hydrogen-bond acceptors (Lipinski definition) is 1. The molecule has 2 nitrogen and oxygen atoms in total. The van der Waals surface area contributed by atoms with Crippen LogP contribution in [0.25, 0.3) is 21.5 Å². The molecule has 0 aliphatic heterocycles. The van der Waals surface area contributed by atoms with Gasteiger partial charge in [-0.25, -0.2) is 0 Å². The third kappa shape index (κ3) is 1.54. The summed E-state index contributed by atoms with van der Waals surface area (Å²) in [5, 5.41) is 3.43. The zero-order valence-electron chi connectivity index (χ0n) is 11.0. The van der Waals surface area contributed by atoms with Crippen molar-refractivity contribution in [1.82, 2.24) is 0 Å². The Labute approximate surface area is 101 Å². The molecule has 0 bridgehead atoms. The first kappa shape index (κ1) is 7.85. The second-order valence-electron chi connectivity index (χ2n) is 3.92. The van der Waals surface area contributed by atoms with Crippen LogP contribution < -0.4 is 5.73 Å². The zero-order chi connectivity index (χ0) is 13.6. The lowest BCUT2D eigenvalue weighted by Crippen LogP contribution is -2.10. The van der Waals surface area contributed by atoms with E-state index >= 15 is 0 Å². The van der Waals surface area contributed by atoms with Gasteiger partial charge in [0.1, 0.15) is 0 Å². The number of rotatable bonds is 1. The van der Waals surface area contributed by atoms with Crippen molar-refractivity contribution in [2.75, 3.05) is 0 Å². The first-order valence-electron chi connectivity index (χ1n) is 6.31. The van der Waals surface area contributed by atoms with Crippen molar-refractivity contribution in [3.05, 3.63) is 60.1 Å². The van der Waals surface area contributed by atoms with Gasteiger partial charge in [-0.2, -0.15) is 0 Å². The van der Waals surface area contributed by atoms with Gasteiger partial charge in [0.05, 0.1) is 2.74 Å².